The zero-order valence-electron chi connectivity index (χ0n) is 15.1. The van der Waals surface area contributed by atoms with E-state index in [-0.39, 0.29) is 11.4 Å². The Morgan fingerprint density at radius 3 is 2.76 bits per heavy atom. The maximum Gasteiger partial charge on any atom is 0.244 e. The number of hydrogen-bond acceptors (Lipinski definition) is 4. The summed E-state index contributed by atoms with van der Waals surface area (Å²) >= 11 is 0. The van der Waals surface area contributed by atoms with Crippen LogP contribution < -0.4 is 9.62 Å². The average molecular weight is 362 g/mol. The summed E-state index contributed by atoms with van der Waals surface area (Å²) in [7, 11) is -1.84. The summed E-state index contributed by atoms with van der Waals surface area (Å²) in [6.45, 7) is 6.34. The largest absolute Gasteiger partial charge is 0.371 e. The molecule has 2 heterocycles. The van der Waals surface area contributed by atoms with E-state index < -0.39 is 10.0 Å². The van der Waals surface area contributed by atoms with Crippen LogP contribution >= 0.6 is 0 Å². The fourth-order valence-corrected chi connectivity index (χ4v) is 4.58. The quantitative estimate of drug-likeness (QED) is 0.887. The molecule has 0 bridgehead atoms. The van der Waals surface area contributed by atoms with Crippen LogP contribution in [-0.4, -0.2) is 31.3 Å². The number of anilines is 1. The number of nitrogens with zero attached hydrogens (tertiary/aromatic N) is 3. The first kappa shape index (κ1) is 17.9. The van der Waals surface area contributed by atoms with Gasteiger partial charge in [0.2, 0.25) is 10.0 Å². The van der Waals surface area contributed by atoms with Crippen molar-refractivity contribution >= 4 is 15.7 Å². The highest BCUT2D eigenvalue weighted by Crippen LogP contribution is 2.26. The van der Waals surface area contributed by atoms with Crippen molar-refractivity contribution in [2.75, 3.05) is 18.0 Å². The number of piperidine rings is 1. The zero-order valence-corrected chi connectivity index (χ0v) is 15.9. The van der Waals surface area contributed by atoms with E-state index in [0.717, 1.165) is 24.3 Å². The Morgan fingerprint density at radius 2 is 2.08 bits per heavy atom. The molecule has 1 N–H and O–H groups in total. The second kappa shape index (κ2) is 7.17. The van der Waals surface area contributed by atoms with Crippen molar-refractivity contribution in [1.29, 1.82) is 0 Å². The van der Waals surface area contributed by atoms with E-state index >= 15 is 0 Å². The van der Waals surface area contributed by atoms with Gasteiger partial charge in [-0.3, -0.25) is 4.68 Å². The maximum atomic E-state index is 12.6. The van der Waals surface area contributed by atoms with E-state index in [2.05, 4.69) is 27.7 Å². The van der Waals surface area contributed by atoms with Gasteiger partial charge in [0.15, 0.2) is 0 Å². The van der Waals surface area contributed by atoms with E-state index in [1.54, 1.807) is 18.7 Å². The third-order valence-corrected chi connectivity index (χ3v) is 6.43. The fourth-order valence-electron chi connectivity index (χ4n) is 3.37. The van der Waals surface area contributed by atoms with Gasteiger partial charge in [-0.1, -0.05) is 25.1 Å². The molecule has 0 aliphatic carbocycles. The van der Waals surface area contributed by atoms with E-state index in [1.807, 2.05) is 18.2 Å². The lowest BCUT2D eigenvalue weighted by atomic mass is 9.99. The molecule has 2 aromatic rings. The normalized spacial score (nSPS) is 18.5. The predicted molar refractivity (Wildman–Crippen MR) is 99.0 cm³/mol. The number of aryl methyl sites for hydroxylation is 1. The number of rotatable bonds is 5. The Labute approximate surface area is 149 Å². The third kappa shape index (κ3) is 3.88. The summed E-state index contributed by atoms with van der Waals surface area (Å²) in [6.07, 6.45) is 3.83. The lowest BCUT2D eigenvalue weighted by molar-refractivity contribution is 0.446. The summed E-state index contributed by atoms with van der Waals surface area (Å²) in [4.78, 5) is 2.60. The fraction of sp³-hybridized carbons (Fsp3) is 0.500. The van der Waals surface area contributed by atoms with Gasteiger partial charge in [0.1, 0.15) is 4.90 Å². The van der Waals surface area contributed by atoms with Crippen molar-refractivity contribution in [2.45, 2.75) is 38.1 Å². The van der Waals surface area contributed by atoms with Gasteiger partial charge in [0.25, 0.3) is 0 Å². The molecule has 136 valence electrons. The van der Waals surface area contributed by atoms with Crippen LogP contribution in [0.25, 0.3) is 0 Å². The number of aromatic nitrogens is 2. The first-order valence-electron chi connectivity index (χ1n) is 8.69. The number of hydrogen-bond donors (Lipinski definition) is 1. The monoisotopic (exact) mass is 362 g/mol. The Kier molecular flexibility index (Phi) is 5.15. The molecule has 1 saturated heterocycles. The molecule has 6 nitrogen and oxygen atoms in total. The van der Waals surface area contributed by atoms with Gasteiger partial charge in [-0.15, -0.1) is 0 Å². The van der Waals surface area contributed by atoms with Crippen LogP contribution in [0.5, 0.6) is 0 Å². The molecule has 0 saturated carbocycles. The van der Waals surface area contributed by atoms with Crippen molar-refractivity contribution in [3.63, 3.8) is 0 Å². The van der Waals surface area contributed by atoms with Gasteiger partial charge < -0.3 is 4.90 Å². The smallest absolute Gasteiger partial charge is 0.244 e. The minimum Gasteiger partial charge on any atom is -0.371 e. The predicted octanol–water partition coefficient (Wildman–Crippen LogP) is 2.44. The molecule has 1 fully saturated rings. The topological polar surface area (TPSA) is 67.2 Å². The van der Waals surface area contributed by atoms with Crippen LogP contribution in [0.2, 0.25) is 0 Å². The Balaban J connectivity index is 1.78. The zero-order chi connectivity index (χ0) is 18.0. The number of benzene rings is 1. The molecule has 1 atom stereocenters. The third-order valence-electron chi connectivity index (χ3n) is 4.92. The second-order valence-electron chi connectivity index (χ2n) is 6.86. The van der Waals surface area contributed by atoms with Gasteiger partial charge in [0, 0.05) is 32.4 Å². The minimum absolute atomic E-state index is 0.235. The molecule has 1 aromatic heterocycles. The number of sulfonamides is 1. The molecule has 0 spiro atoms. The van der Waals surface area contributed by atoms with Gasteiger partial charge in [-0.25, -0.2) is 13.1 Å². The Bertz CT molecular complexity index is 845. The SMILES string of the molecule is Cc1c(S(=O)(=O)NCc2ccccc2N2CCCC(C)C2)cnn1C. The molecule has 1 aliphatic heterocycles. The molecule has 1 aliphatic rings. The van der Waals surface area contributed by atoms with Crippen LogP contribution in [0.1, 0.15) is 31.0 Å². The summed E-state index contributed by atoms with van der Waals surface area (Å²) in [5.74, 6) is 0.663. The molecule has 0 amide bonds. The van der Waals surface area contributed by atoms with Crippen molar-refractivity contribution in [2.24, 2.45) is 13.0 Å². The van der Waals surface area contributed by atoms with Crippen LogP contribution in [0.15, 0.2) is 35.4 Å². The molecule has 1 aromatic carbocycles. The van der Waals surface area contributed by atoms with Crippen molar-refractivity contribution in [3.05, 3.63) is 41.7 Å². The highest BCUT2D eigenvalue weighted by molar-refractivity contribution is 7.89. The first-order valence-corrected chi connectivity index (χ1v) is 10.2. The highest BCUT2D eigenvalue weighted by atomic mass is 32.2. The molecule has 3 rings (SSSR count). The van der Waals surface area contributed by atoms with Gasteiger partial charge in [-0.05, 0) is 37.3 Å². The van der Waals surface area contributed by atoms with E-state index in [9.17, 15) is 8.42 Å². The van der Waals surface area contributed by atoms with Crippen molar-refractivity contribution in [3.8, 4) is 0 Å². The maximum absolute atomic E-state index is 12.6. The average Bonchev–Trinajstić information content (AvgIpc) is 2.93. The second-order valence-corrected chi connectivity index (χ2v) is 8.60. The van der Waals surface area contributed by atoms with Gasteiger partial charge >= 0.3 is 0 Å². The minimum atomic E-state index is -3.58. The molecule has 25 heavy (non-hydrogen) atoms. The lowest BCUT2D eigenvalue weighted by Crippen LogP contribution is -2.35. The van der Waals surface area contributed by atoms with Crippen LogP contribution in [-0.2, 0) is 23.6 Å². The Morgan fingerprint density at radius 1 is 1.32 bits per heavy atom. The van der Waals surface area contributed by atoms with E-state index in [0.29, 0.717) is 11.6 Å². The summed E-state index contributed by atoms with van der Waals surface area (Å²) in [5.41, 5.74) is 2.76. The van der Waals surface area contributed by atoms with Crippen molar-refractivity contribution < 1.29 is 8.42 Å². The van der Waals surface area contributed by atoms with Gasteiger partial charge in [0.05, 0.1) is 11.9 Å². The number of para-hydroxylation sites is 1. The molecular formula is C18H26N4O2S. The van der Waals surface area contributed by atoms with Crippen LogP contribution in [0, 0.1) is 12.8 Å². The molecular weight excluding hydrogens is 336 g/mol. The lowest BCUT2D eigenvalue weighted by Gasteiger charge is -2.34. The van der Waals surface area contributed by atoms with E-state index in [4.69, 9.17) is 0 Å². The Hall–Kier alpha value is -1.86. The summed E-state index contributed by atoms with van der Waals surface area (Å²) in [5, 5.41) is 4.03. The van der Waals surface area contributed by atoms with Crippen LogP contribution in [0.4, 0.5) is 5.69 Å². The molecule has 1 unspecified atom stereocenters. The van der Waals surface area contributed by atoms with Crippen LogP contribution in [0.3, 0.4) is 0 Å². The number of nitrogens with one attached hydrogen (secondary N) is 1. The summed E-state index contributed by atoms with van der Waals surface area (Å²) in [6, 6.07) is 8.04. The van der Waals surface area contributed by atoms with Crippen molar-refractivity contribution in [1.82, 2.24) is 14.5 Å². The summed E-state index contributed by atoms with van der Waals surface area (Å²) < 4.78 is 29.5. The first-order chi connectivity index (χ1) is 11.9. The highest BCUT2D eigenvalue weighted by Gasteiger charge is 2.22. The standard InChI is InChI=1S/C18H26N4O2S/c1-14-7-6-10-22(13-14)17-9-5-4-8-16(17)11-20-25(23,24)18-12-19-21(3)15(18)2/h4-5,8-9,12,14,20H,6-7,10-11,13H2,1-3H3. The molecule has 7 heteroatoms. The van der Waals surface area contributed by atoms with E-state index in [1.165, 1.54) is 19.0 Å². The molecule has 0 radical (unpaired) electrons. The van der Waals surface area contributed by atoms with Gasteiger partial charge in [-0.2, -0.15) is 5.10 Å².